The zero-order chi connectivity index (χ0) is 22.4. The summed E-state index contributed by atoms with van der Waals surface area (Å²) >= 11 is 0. The van der Waals surface area contributed by atoms with Crippen molar-refractivity contribution in [2.45, 2.75) is 26.3 Å². The Bertz CT molecular complexity index is 1260. The molecule has 2 aliphatic rings. The van der Waals surface area contributed by atoms with E-state index in [1.54, 1.807) is 17.0 Å². The van der Waals surface area contributed by atoms with Gasteiger partial charge in [-0.1, -0.05) is 18.2 Å². The Morgan fingerprint density at radius 2 is 1.94 bits per heavy atom. The second-order valence-electron chi connectivity index (χ2n) is 8.70. The summed E-state index contributed by atoms with van der Waals surface area (Å²) in [5.41, 5.74) is 4.22. The Hall–Kier alpha value is -3.61. The van der Waals surface area contributed by atoms with E-state index >= 15 is 0 Å². The number of hydrogen-bond donors (Lipinski definition) is 1. The van der Waals surface area contributed by atoms with Crippen LogP contribution in [0.15, 0.2) is 47.5 Å². The van der Waals surface area contributed by atoms with Gasteiger partial charge in [-0.15, -0.1) is 0 Å². The van der Waals surface area contributed by atoms with Crippen molar-refractivity contribution in [2.24, 2.45) is 10.9 Å². The summed E-state index contributed by atoms with van der Waals surface area (Å²) < 4.78 is 2.30. The quantitative estimate of drug-likeness (QED) is 0.612. The van der Waals surface area contributed by atoms with Gasteiger partial charge in [0.05, 0.1) is 34.5 Å². The molecule has 1 fully saturated rings. The molecule has 1 N–H and O–H groups in total. The van der Waals surface area contributed by atoms with Crippen LogP contribution in [0.5, 0.6) is 0 Å². The van der Waals surface area contributed by atoms with Crippen LogP contribution in [-0.2, 0) is 11.3 Å². The van der Waals surface area contributed by atoms with Crippen LogP contribution in [0.1, 0.15) is 35.8 Å². The van der Waals surface area contributed by atoms with E-state index in [0.717, 1.165) is 23.3 Å². The fourth-order valence-electron chi connectivity index (χ4n) is 4.47. The number of aliphatic imine (C=N–C) groups is 1. The number of carbonyl (C=O) groups excluding carboxylic acids is 1. The highest BCUT2D eigenvalue weighted by molar-refractivity contribution is 6.03. The van der Waals surface area contributed by atoms with Crippen LogP contribution in [0.25, 0.3) is 10.9 Å². The van der Waals surface area contributed by atoms with Crippen LogP contribution in [-0.4, -0.2) is 47.9 Å². The van der Waals surface area contributed by atoms with E-state index < -0.39 is 5.97 Å². The average Bonchev–Trinajstić information content (AvgIpc) is 3.52. The van der Waals surface area contributed by atoms with E-state index in [2.05, 4.69) is 22.8 Å². The molecule has 7 heteroatoms. The predicted octanol–water partition coefficient (Wildman–Crippen LogP) is 4.30. The molecule has 7 nitrogen and oxygen atoms in total. The number of benzene rings is 2. The molecule has 1 saturated carbocycles. The van der Waals surface area contributed by atoms with Crippen molar-refractivity contribution in [3.63, 3.8) is 0 Å². The molecule has 3 aromatic rings. The number of aromatic carboxylic acids is 1. The van der Waals surface area contributed by atoms with Crippen molar-refractivity contribution >= 4 is 46.1 Å². The molecule has 0 atom stereocenters. The predicted molar refractivity (Wildman–Crippen MR) is 127 cm³/mol. The number of para-hydroxylation sites is 1. The van der Waals surface area contributed by atoms with Crippen LogP contribution in [0.2, 0.25) is 0 Å². The van der Waals surface area contributed by atoms with Crippen LogP contribution in [0.4, 0.5) is 17.1 Å². The smallest absolute Gasteiger partial charge is 0.335 e. The highest BCUT2D eigenvalue weighted by Crippen LogP contribution is 2.42. The molecule has 0 spiro atoms. The van der Waals surface area contributed by atoms with Crippen molar-refractivity contribution in [1.29, 1.82) is 0 Å². The number of rotatable bonds is 5. The summed E-state index contributed by atoms with van der Waals surface area (Å²) in [6.45, 7) is 3.63. The fraction of sp³-hybridized carbons (Fsp3) is 0.320. The van der Waals surface area contributed by atoms with Gasteiger partial charge in [0.1, 0.15) is 0 Å². The van der Waals surface area contributed by atoms with Gasteiger partial charge in [0.25, 0.3) is 0 Å². The standard InChI is InChI=1S/C25H26N4O3/c1-16(30)28-10-9-27(2)24-21(12-19(25(31)32)13-23(24)28)26-14-20-11-18-5-3-4-6-22(18)29(20)15-17-7-8-17/h3-6,11-14,17H,7-10,15H2,1-2H3,(H,31,32)/b26-14+. The van der Waals surface area contributed by atoms with E-state index in [9.17, 15) is 14.7 Å². The number of fused-ring (bicyclic) bond motifs is 2. The summed E-state index contributed by atoms with van der Waals surface area (Å²) in [6, 6.07) is 13.6. The normalized spacial score (nSPS) is 16.1. The van der Waals surface area contributed by atoms with Crippen molar-refractivity contribution in [2.75, 3.05) is 29.9 Å². The van der Waals surface area contributed by atoms with Gasteiger partial charge in [-0.3, -0.25) is 9.79 Å². The Labute approximate surface area is 186 Å². The van der Waals surface area contributed by atoms with E-state index in [4.69, 9.17) is 4.99 Å². The molecule has 0 radical (unpaired) electrons. The minimum Gasteiger partial charge on any atom is -0.478 e. The maximum absolute atomic E-state index is 12.2. The van der Waals surface area contributed by atoms with E-state index in [-0.39, 0.29) is 11.5 Å². The van der Waals surface area contributed by atoms with Crippen LogP contribution >= 0.6 is 0 Å². The van der Waals surface area contributed by atoms with Crippen LogP contribution < -0.4 is 9.80 Å². The van der Waals surface area contributed by atoms with Gasteiger partial charge in [0.2, 0.25) is 5.91 Å². The highest BCUT2D eigenvalue weighted by atomic mass is 16.4. The summed E-state index contributed by atoms with van der Waals surface area (Å²) in [4.78, 5) is 32.4. The molecular weight excluding hydrogens is 404 g/mol. The third-order valence-electron chi connectivity index (χ3n) is 6.34. The van der Waals surface area contributed by atoms with E-state index in [1.807, 2.05) is 30.3 Å². The topological polar surface area (TPSA) is 78.1 Å². The number of anilines is 2. The minimum atomic E-state index is -1.04. The zero-order valence-corrected chi connectivity index (χ0v) is 18.3. The van der Waals surface area contributed by atoms with Crippen LogP contribution in [0.3, 0.4) is 0 Å². The lowest BCUT2D eigenvalue weighted by atomic mass is 10.1. The molecule has 32 heavy (non-hydrogen) atoms. The monoisotopic (exact) mass is 430 g/mol. The van der Waals surface area contributed by atoms with Gasteiger partial charge in [-0.05, 0) is 43.0 Å². The molecular formula is C25H26N4O3. The van der Waals surface area contributed by atoms with Crippen molar-refractivity contribution in [3.05, 3.63) is 53.7 Å². The summed E-state index contributed by atoms with van der Waals surface area (Å²) in [7, 11) is 1.94. The molecule has 0 bridgehead atoms. The Morgan fingerprint density at radius 1 is 1.16 bits per heavy atom. The highest BCUT2D eigenvalue weighted by Gasteiger charge is 2.28. The molecule has 2 heterocycles. The minimum absolute atomic E-state index is 0.110. The van der Waals surface area contributed by atoms with Gasteiger partial charge in [0.15, 0.2) is 0 Å². The number of hydrogen-bond acceptors (Lipinski definition) is 4. The third-order valence-corrected chi connectivity index (χ3v) is 6.34. The maximum atomic E-state index is 12.2. The third kappa shape index (κ3) is 3.64. The second kappa shape index (κ2) is 7.82. The molecule has 1 aromatic heterocycles. The lowest BCUT2D eigenvalue weighted by molar-refractivity contribution is -0.116. The fourth-order valence-corrected chi connectivity index (χ4v) is 4.47. The number of carboxylic acid groups (broad SMARTS) is 1. The molecule has 1 amide bonds. The summed E-state index contributed by atoms with van der Waals surface area (Å²) in [6.07, 6.45) is 4.33. The number of likely N-dealkylation sites (N-methyl/N-ethyl adjacent to an activating group) is 1. The average molecular weight is 431 g/mol. The first-order chi connectivity index (χ1) is 15.4. The Morgan fingerprint density at radius 3 is 2.66 bits per heavy atom. The van der Waals surface area contributed by atoms with E-state index in [1.165, 1.54) is 25.3 Å². The number of amides is 1. The van der Waals surface area contributed by atoms with Crippen molar-refractivity contribution in [1.82, 2.24) is 4.57 Å². The number of nitrogens with zero attached hydrogens (tertiary/aromatic N) is 4. The molecule has 0 saturated heterocycles. The van der Waals surface area contributed by atoms with Gasteiger partial charge < -0.3 is 19.5 Å². The Balaban J connectivity index is 1.63. The number of aromatic nitrogens is 1. The molecule has 1 aliphatic heterocycles. The largest absolute Gasteiger partial charge is 0.478 e. The van der Waals surface area contributed by atoms with Gasteiger partial charge in [0, 0.05) is 44.5 Å². The van der Waals surface area contributed by atoms with E-state index in [0.29, 0.717) is 30.4 Å². The first kappa shape index (κ1) is 20.3. The first-order valence-corrected chi connectivity index (χ1v) is 11.0. The van der Waals surface area contributed by atoms with Gasteiger partial charge in [-0.2, -0.15) is 0 Å². The van der Waals surface area contributed by atoms with Crippen molar-refractivity contribution in [3.8, 4) is 0 Å². The lowest BCUT2D eigenvalue weighted by Crippen LogP contribution is -2.41. The lowest BCUT2D eigenvalue weighted by Gasteiger charge is -2.36. The number of carbonyl (C=O) groups is 2. The first-order valence-electron chi connectivity index (χ1n) is 11.0. The maximum Gasteiger partial charge on any atom is 0.335 e. The zero-order valence-electron chi connectivity index (χ0n) is 18.3. The Kier molecular flexibility index (Phi) is 4.96. The molecule has 1 aliphatic carbocycles. The molecule has 0 unspecified atom stereocenters. The van der Waals surface area contributed by atoms with Crippen molar-refractivity contribution < 1.29 is 14.7 Å². The van der Waals surface area contributed by atoms with Crippen LogP contribution in [0, 0.1) is 5.92 Å². The molecule has 2 aromatic carbocycles. The molecule has 164 valence electrons. The van der Waals surface area contributed by atoms with Gasteiger partial charge in [-0.25, -0.2) is 4.79 Å². The van der Waals surface area contributed by atoms with Gasteiger partial charge >= 0.3 is 5.97 Å². The molecule has 5 rings (SSSR count). The second-order valence-corrected chi connectivity index (χ2v) is 8.70. The number of carboxylic acids is 1. The SMILES string of the molecule is CC(=O)N1CCN(C)c2c(/N=C/c3cc4ccccc4n3CC3CC3)cc(C(=O)O)cc21. The summed E-state index contributed by atoms with van der Waals surface area (Å²) in [5.74, 6) is -0.443. The summed E-state index contributed by atoms with van der Waals surface area (Å²) in [5, 5.41) is 10.8.